The Morgan fingerprint density at radius 2 is 1.68 bits per heavy atom. The van der Waals surface area contributed by atoms with Crippen LogP contribution in [0.1, 0.15) is 32.1 Å². The van der Waals surface area contributed by atoms with Gasteiger partial charge < -0.3 is 24.8 Å². The van der Waals surface area contributed by atoms with E-state index in [4.69, 9.17) is 14.6 Å². The zero-order valence-corrected chi connectivity index (χ0v) is 15.6. The fraction of sp³-hybridized carbons (Fsp3) is 0.550. The summed E-state index contributed by atoms with van der Waals surface area (Å²) in [6.07, 6.45) is 2.85. The molecule has 150 valence electrons. The molecule has 2 fully saturated rings. The Balaban J connectivity index is 1.27. The first kappa shape index (κ1) is 18.6. The van der Waals surface area contributed by atoms with Crippen molar-refractivity contribution in [2.45, 2.75) is 32.1 Å². The summed E-state index contributed by atoms with van der Waals surface area (Å²) in [5.74, 6) is -0.287. The van der Waals surface area contributed by atoms with Crippen molar-refractivity contribution >= 4 is 23.5 Å². The molecular formula is C20H24N2O6. The molecule has 8 nitrogen and oxygen atoms in total. The Hall–Kier alpha value is -2.77. The lowest BCUT2D eigenvalue weighted by Crippen LogP contribution is -2.43. The van der Waals surface area contributed by atoms with Gasteiger partial charge in [0.2, 0.25) is 18.6 Å². The topological polar surface area (TPSA) is 105 Å². The lowest BCUT2D eigenvalue weighted by atomic mass is 9.94. The Morgan fingerprint density at radius 1 is 0.964 bits per heavy atom. The monoisotopic (exact) mass is 388 g/mol. The second-order valence-corrected chi connectivity index (χ2v) is 7.70. The number of fused-ring (bicyclic) bond motifs is 1. The Bertz CT molecular complexity index is 787. The number of piperidine rings is 1. The normalized spacial score (nSPS) is 24.2. The van der Waals surface area contributed by atoms with Crippen molar-refractivity contribution in [2.24, 2.45) is 17.8 Å². The van der Waals surface area contributed by atoms with Crippen molar-refractivity contribution in [3.8, 4) is 11.5 Å². The number of nitrogens with one attached hydrogen (secondary N) is 1. The van der Waals surface area contributed by atoms with Gasteiger partial charge in [0, 0.05) is 36.7 Å². The molecule has 1 saturated carbocycles. The van der Waals surface area contributed by atoms with Crippen LogP contribution in [0.15, 0.2) is 18.2 Å². The number of carboxylic acid groups (broad SMARTS) is 1. The number of carbonyl (C=O) groups is 3. The van der Waals surface area contributed by atoms with Crippen LogP contribution in [0.25, 0.3) is 0 Å². The third kappa shape index (κ3) is 3.76. The Morgan fingerprint density at radius 3 is 2.39 bits per heavy atom. The van der Waals surface area contributed by atoms with Gasteiger partial charge in [0.05, 0.1) is 5.92 Å². The van der Waals surface area contributed by atoms with E-state index >= 15 is 0 Å². The van der Waals surface area contributed by atoms with Crippen molar-refractivity contribution < 1.29 is 29.0 Å². The molecule has 0 spiro atoms. The van der Waals surface area contributed by atoms with E-state index in [1.807, 2.05) is 0 Å². The minimum atomic E-state index is -0.811. The quantitative estimate of drug-likeness (QED) is 0.818. The van der Waals surface area contributed by atoms with E-state index in [1.54, 1.807) is 23.1 Å². The van der Waals surface area contributed by atoms with Crippen molar-refractivity contribution in [3.05, 3.63) is 18.2 Å². The number of carboxylic acids is 1. The average molecular weight is 388 g/mol. The molecule has 0 radical (unpaired) electrons. The molecule has 2 N–H and O–H groups in total. The van der Waals surface area contributed by atoms with Gasteiger partial charge in [-0.05, 0) is 44.2 Å². The highest BCUT2D eigenvalue weighted by atomic mass is 16.7. The van der Waals surface area contributed by atoms with E-state index in [1.165, 1.54) is 0 Å². The highest BCUT2D eigenvalue weighted by Gasteiger charge is 2.37. The van der Waals surface area contributed by atoms with Crippen LogP contribution >= 0.6 is 0 Å². The number of nitrogens with zero attached hydrogens (tertiary/aromatic N) is 1. The third-order valence-electron chi connectivity index (χ3n) is 5.95. The zero-order chi connectivity index (χ0) is 19.7. The summed E-state index contributed by atoms with van der Waals surface area (Å²) in [5, 5.41) is 12.0. The maximum Gasteiger partial charge on any atom is 0.306 e. The van der Waals surface area contributed by atoms with Crippen LogP contribution in [-0.4, -0.2) is 47.7 Å². The molecule has 8 heteroatoms. The van der Waals surface area contributed by atoms with Gasteiger partial charge in [-0.15, -0.1) is 0 Å². The number of hydrogen-bond donors (Lipinski definition) is 2. The maximum absolute atomic E-state index is 12.7. The van der Waals surface area contributed by atoms with Crippen molar-refractivity contribution in [3.63, 3.8) is 0 Å². The molecule has 1 aliphatic carbocycles. The predicted octanol–water partition coefficient (Wildman–Crippen LogP) is 2.09. The number of hydrogen-bond acceptors (Lipinski definition) is 5. The van der Waals surface area contributed by atoms with Crippen LogP contribution in [0.2, 0.25) is 0 Å². The van der Waals surface area contributed by atoms with Crippen LogP contribution < -0.4 is 14.8 Å². The van der Waals surface area contributed by atoms with Gasteiger partial charge in [-0.25, -0.2) is 0 Å². The van der Waals surface area contributed by atoms with Gasteiger partial charge in [0.25, 0.3) is 0 Å². The van der Waals surface area contributed by atoms with E-state index in [9.17, 15) is 14.4 Å². The highest BCUT2D eigenvalue weighted by Crippen LogP contribution is 2.35. The third-order valence-corrected chi connectivity index (χ3v) is 5.95. The van der Waals surface area contributed by atoms with Crippen molar-refractivity contribution in [1.29, 1.82) is 0 Å². The van der Waals surface area contributed by atoms with Crippen LogP contribution in [0.3, 0.4) is 0 Å². The number of amides is 2. The van der Waals surface area contributed by atoms with Gasteiger partial charge in [-0.2, -0.15) is 0 Å². The largest absolute Gasteiger partial charge is 0.481 e. The van der Waals surface area contributed by atoms with Crippen molar-refractivity contribution in [1.82, 2.24) is 4.90 Å². The van der Waals surface area contributed by atoms with Crippen LogP contribution in [-0.2, 0) is 14.4 Å². The fourth-order valence-electron chi connectivity index (χ4n) is 4.27. The summed E-state index contributed by atoms with van der Waals surface area (Å²) in [6.45, 7) is 1.26. The summed E-state index contributed by atoms with van der Waals surface area (Å²) < 4.78 is 10.6. The molecule has 2 amide bonds. The molecule has 2 atom stereocenters. The van der Waals surface area contributed by atoms with E-state index < -0.39 is 11.9 Å². The number of benzene rings is 1. The predicted molar refractivity (Wildman–Crippen MR) is 99.0 cm³/mol. The number of ether oxygens (including phenoxy) is 2. The van der Waals surface area contributed by atoms with Gasteiger partial charge in [-0.3, -0.25) is 14.4 Å². The maximum atomic E-state index is 12.7. The van der Waals surface area contributed by atoms with E-state index in [2.05, 4.69) is 5.32 Å². The van der Waals surface area contributed by atoms with E-state index in [-0.39, 0.29) is 30.4 Å². The number of carbonyl (C=O) groups excluding carboxylic acids is 2. The molecule has 0 aromatic heterocycles. The molecule has 0 bridgehead atoms. The van der Waals surface area contributed by atoms with Crippen molar-refractivity contribution in [2.75, 3.05) is 25.2 Å². The molecule has 4 rings (SSSR count). The average Bonchev–Trinajstić information content (AvgIpc) is 3.37. The first-order valence-corrected chi connectivity index (χ1v) is 9.73. The number of rotatable bonds is 4. The van der Waals surface area contributed by atoms with Gasteiger partial charge in [0.1, 0.15) is 0 Å². The summed E-state index contributed by atoms with van der Waals surface area (Å²) in [4.78, 5) is 38.1. The number of aliphatic carboxylic acids is 1. The SMILES string of the molecule is O=C(Nc1ccc2c(c1)OCO2)C1CCN(C(=O)[C@H]2CC[C@@H](C(=O)O)C2)CC1. The fourth-order valence-corrected chi connectivity index (χ4v) is 4.27. The van der Waals surface area contributed by atoms with Crippen LogP contribution in [0.4, 0.5) is 5.69 Å². The van der Waals surface area contributed by atoms with E-state index in [0.717, 1.165) is 0 Å². The molecule has 28 heavy (non-hydrogen) atoms. The van der Waals surface area contributed by atoms with Crippen LogP contribution in [0.5, 0.6) is 11.5 Å². The summed E-state index contributed by atoms with van der Waals surface area (Å²) >= 11 is 0. The first-order chi connectivity index (χ1) is 13.5. The van der Waals surface area contributed by atoms with Gasteiger partial charge in [-0.1, -0.05) is 0 Å². The second-order valence-electron chi connectivity index (χ2n) is 7.70. The first-order valence-electron chi connectivity index (χ1n) is 9.73. The Labute approximate surface area is 162 Å². The van der Waals surface area contributed by atoms with Gasteiger partial charge in [0.15, 0.2) is 11.5 Å². The highest BCUT2D eigenvalue weighted by molar-refractivity contribution is 5.93. The molecule has 2 aliphatic heterocycles. The molecular weight excluding hydrogens is 364 g/mol. The lowest BCUT2D eigenvalue weighted by molar-refractivity contribution is -0.142. The van der Waals surface area contributed by atoms with E-state index in [0.29, 0.717) is 62.4 Å². The lowest BCUT2D eigenvalue weighted by Gasteiger charge is -2.33. The summed E-state index contributed by atoms with van der Waals surface area (Å²) in [5.41, 5.74) is 0.665. The number of anilines is 1. The summed E-state index contributed by atoms with van der Waals surface area (Å²) in [7, 11) is 0. The smallest absolute Gasteiger partial charge is 0.306 e. The molecule has 0 unspecified atom stereocenters. The standard InChI is InChI=1S/C20H24N2O6/c23-18(21-15-3-4-16-17(10-15)28-11-27-16)12-5-7-22(8-6-12)19(24)13-1-2-14(9-13)20(25)26/h3-4,10,12-14H,1-2,5-9,11H2,(H,21,23)(H,25,26)/t13-,14+/m0/s1. The summed E-state index contributed by atoms with van der Waals surface area (Å²) in [6, 6.07) is 5.30. The minimum Gasteiger partial charge on any atom is -0.481 e. The molecule has 1 saturated heterocycles. The Kier molecular flexibility index (Phi) is 5.11. The molecule has 1 aromatic rings. The molecule has 1 aromatic carbocycles. The van der Waals surface area contributed by atoms with Crippen LogP contribution in [0, 0.1) is 17.8 Å². The number of likely N-dealkylation sites (tertiary alicyclic amines) is 1. The molecule has 3 aliphatic rings. The zero-order valence-electron chi connectivity index (χ0n) is 15.6. The minimum absolute atomic E-state index is 0.0402. The molecule has 2 heterocycles. The second kappa shape index (κ2) is 7.69. The van der Waals surface area contributed by atoms with Gasteiger partial charge >= 0.3 is 5.97 Å².